The normalized spacial score (nSPS) is 18.9. The number of primary amides is 1. The van der Waals surface area contributed by atoms with E-state index in [0.717, 1.165) is 43.9 Å². The minimum atomic E-state index is -0.622. The summed E-state index contributed by atoms with van der Waals surface area (Å²) in [5, 5.41) is 0. The highest BCUT2D eigenvalue weighted by atomic mass is 19.1. The SMILES string of the molecule is NC(=O)CC1(CC(N)c2cc(F)ccc2F)CCCC1. The second-order valence-electron chi connectivity index (χ2n) is 5.83. The first-order chi connectivity index (χ1) is 9.42. The molecular formula is C15H20F2N2O. The molecule has 0 saturated heterocycles. The Bertz CT molecular complexity index is 499. The third kappa shape index (κ3) is 3.33. The first-order valence-electron chi connectivity index (χ1n) is 6.91. The smallest absolute Gasteiger partial charge is 0.217 e. The van der Waals surface area contributed by atoms with Gasteiger partial charge in [0.2, 0.25) is 5.91 Å². The molecule has 110 valence electrons. The lowest BCUT2D eigenvalue weighted by molar-refractivity contribution is -0.120. The largest absolute Gasteiger partial charge is 0.370 e. The molecule has 0 aliphatic heterocycles. The average molecular weight is 282 g/mol. The van der Waals surface area contributed by atoms with E-state index in [-0.39, 0.29) is 23.3 Å². The van der Waals surface area contributed by atoms with Crippen LogP contribution in [0.5, 0.6) is 0 Å². The average Bonchev–Trinajstić information content (AvgIpc) is 2.79. The number of benzene rings is 1. The summed E-state index contributed by atoms with van der Waals surface area (Å²) in [5.41, 5.74) is 11.3. The Balaban J connectivity index is 2.18. The maximum absolute atomic E-state index is 13.7. The van der Waals surface area contributed by atoms with Crippen LogP contribution in [-0.2, 0) is 4.79 Å². The van der Waals surface area contributed by atoms with Crippen LogP contribution in [0.3, 0.4) is 0 Å². The zero-order chi connectivity index (χ0) is 14.8. The van der Waals surface area contributed by atoms with Crippen molar-refractivity contribution < 1.29 is 13.6 Å². The predicted octanol–water partition coefficient (Wildman–Crippen LogP) is 2.79. The molecule has 1 fully saturated rings. The van der Waals surface area contributed by atoms with E-state index in [1.165, 1.54) is 0 Å². The monoisotopic (exact) mass is 282 g/mol. The van der Waals surface area contributed by atoms with Gasteiger partial charge in [-0.25, -0.2) is 8.78 Å². The standard InChI is InChI=1S/C15H20F2N2O/c16-10-3-4-12(17)11(7-10)13(18)8-15(9-14(19)20)5-1-2-6-15/h3-4,7,13H,1-2,5-6,8-9,18H2,(H2,19,20). The van der Waals surface area contributed by atoms with Gasteiger partial charge in [-0.3, -0.25) is 4.79 Å². The zero-order valence-corrected chi connectivity index (χ0v) is 11.4. The molecular weight excluding hydrogens is 262 g/mol. The molecule has 0 aromatic heterocycles. The van der Waals surface area contributed by atoms with E-state index in [9.17, 15) is 13.6 Å². The summed E-state index contributed by atoms with van der Waals surface area (Å²) < 4.78 is 27.0. The highest BCUT2D eigenvalue weighted by molar-refractivity contribution is 5.74. The van der Waals surface area contributed by atoms with Crippen LogP contribution in [0.25, 0.3) is 0 Å². The van der Waals surface area contributed by atoms with Gasteiger partial charge in [-0.1, -0.05) is 12.8 Å². The fraction of sp³-hybridized carbons (Fsp3) is 0.533. The van der Waals surface area contributed by atoms with Crippen molar-refractivity contribution >= 4 is 5.91 Å². The van der Waals surface area contributed by atoms with Gasteiger partial charge < -0.3 is 11.5 Å². The molecule has 2 rings (SSSR count). The van der Waals surface area contributed by atoms with E-state index >= 15 is 0 Å². The lowest BCUT2D eigenvalue weighted by atomic mass is 9.76. The molecule has 0 radical (unpaired) electrons. The number of carbonyl (C=O) groups excluding carboxylic acids is 1. The number of hydrogen-bond acceptors (Lipinski definition) is 2. The van der Waals surface area contributed by atoms with Crippen LogP contribution in [-0.4, -0.2) is 5.91 Å². The number of carbonyl (C=O) groups is 1. The summed E-state index contributed by atoms with van der Waals surface area (Å²) in [7, 11) is 0. The van der Waals surface area contributed by atoms with Gasteiger partial charge in [-0.05, 0) is 42.9 Å². The van der Waals surface area contributed by atoms with E-state index in [0.29, 0.717) is 6.42 Å². The number of halogens is 2. The Morgan fingerprint density at radius 1 is 1.30 bits per heavy atom. The van der Waals surface area contributed by atoms with Gasteiger partial charge >= 0.3 is 0 Å². The fourth-order valence-electron chi connectivity index (χ4n) is 3.32. The second kappa shape index (κ2) is 5.87. The molecule has 1 aliphatic carbocycles. The van der Waals surface area contributed by atoms with Crippen molar-refractivity contribution in [1.82, 2.24) is 0 Å². The fourth-order valence-corrected chi connectivity index (χ4v) is 3.32. The van der Waals surface area contributed by atoms with Crippen molar-refractivity contribution in [1.29, 1.82) is 0 Å². The molecule has 4 N–H and O–H groups in total. The maximum Gasteiger partial charge on any atom is 0.217 e. The van der Waals surface area contributed by atoms with Gasteiger partial charge in [0.15, 0.2) is 0 Å². The third-order valence-corrected chi connectivity index (χ3v) is 4.22. The lowest BCUT2D eigenvalue weighted by Crippen LogP contribution is -2.30. The Hall–Kier alpha value is -1.49. The van der Waals surface area contributed by atoms with Crippen LogP contribution in [0.2, 0.25) is 0 Å². The van der Waals surface area contributed by atoms with E-state index in [2.05, 4.69) is 0 Å². The van der Waals surface area contributed by atoms with Gasteiger partial charge in [0, 0.05) is 18.0 Å². The Labute approximate surface area is 117 Å². The van der Waals surface area contributed by atoms with Crippen molar-refractivity contribution in [3.8, 4) is 0 Å². The van der Waals surface area contributed by atoms with Crippen LogP contribution in [0.4, 0.5) is 8.78 Å². The van der Waals surface area contributed by atoms with Crippen LogP contribution in [0.1, 0.15) is 50.1 Å². The van der Waals surface area contributed by atoms with Crippen LogP contribution in [0, 0.1) is 17.0 Å². The molecule has 0 bridgehead atoms. The van der Waals surface area contributed by atoms with Gasteiger partial charge in [0.25, 0.3) is 0 Å². The molecule has 1 aliphatic rings. The molecule has 1 amide bonds. The molecule has 3 nitrogen and oxygen atoms in total. The summed E-state index contributed by atoms with van der Waals surface area (Å²) in [4.78, 5) is 11.2. The highest BCUT2D eigenvalue weighted by Gasteiger charge is 2.37. The van der Waals surface area contributed by atoms with Crippen molar-refractivity contribution in [2.24, 2.45) is 16.9 Å². The highest BCUT2D eigenvalue weighted by Crippen LogP contribution is 2.46. The Morgan fingerprint density at radius 3 is 2.55 bits per heavy atom. The van der Waals surface area contributed by atoms with E-state index in [1.54, 1.807) is 0 Å². The van der Waals surface area contributed by atoms with E-state index < -0.39 is 17.7 Å². The molecule has 1 aromatic carbocycles. The summed E-state index contributed by atoms with van der Waals surface area (Å²) in [6.45, 7) is 0. The van der Waals surface area contributed by atoms with Crippen LogP contribution >= 0.6 is 0 Å². The molecule has 0 spiro atoms. The van der Waals surface area contributed by atoms with Gasteiger partial charge in [-0.2, -0.15) is 0 Å². The van der Waals surface area contributed by atoms with Crippen molar-refractivity contribution in [3.05, 3.63) is 35.4 Å². The number of hydrogen-bond donors (Lipinski definition) is 2. The summed E-state index contributed by atoms with van der Waals surface area (Å²) >= 11 is 0. The number of nitrogens with two attached hydrogens (primary N) is 2. The minimum absolute atomic E-state index is 0.167. The summed E-state index contributed by atoms with van der Waals surface area (Å²) in [6, 6.07) is 2.66. The van der Waals surface area contributed by atoms with Gasteiger partial charge in [0.05, 0.1) is 0 Å². The first-order valence-corrected chi connectivity index (χ1v) is 6.91. The minimum Gasteiger partial charge on any atom is -0.370 e. The number of amides is 1. The number of rotatable bonds is 5. The van der Waals surface area contributed by atoms with E-state index in [4.69, 9.17) is 11.5 Å². The molecule has 1 atom stereocenters. The van der Waals surface area contributed by atoms with Crippen LogP contribution < -0.4 is 11.5 Å². The predicted molar refractivity (Wildman–Crippen MR) is 72.6 cm³/mol. The zero-order valence-electron chi connectivity index (χ0n) is 11.4. The quantitative estimate of drug-likeness (QED) is 0.872. The molecule has 5 heteroatoms. The molecule has 0 heterocycles. The van der Waals surface area contributed by atoms with Crippen LogP contribution in [0.15, 0.2) is 18.2 Å². The molecule has 1 unspecified atom stereocenters. The summed E-state index contributed by atoms with van der Waals surface area (Å²) in [5.74, 6) is -1.38. The molecule has 20 heavy (non-hydrogen) atoms. The molecule has 1 aromatic rings. The van der Waals surface area contributed by atoms with E-state index in [1.807, 2.05) is 0 Å². The topological polar surface area (TPSA) is 69.1 Å². The van der Waals surface area contributed by atoms with Crippen molar-refractivity contribution in [3.63, 3.8) is 0 Å². The first kappa shape index (κ1) is 14.9. The lowest BCUT2D eigenvalue weighted by Gasteiger charge is -2.31. The van der Waals surface area contributed by atoms with Gasteiger partial charge in [0.1, 0.15) is 11.6 Å². The Kier molecular flexibility index (Phi) is 4.38. The summed E-state index contributed by atoms with van der Waals surface area (Å²) in [6.07, 6.45) is 4.48. The van der Waals surface area contributed by atoms with Crippen molar-refractivity contribution in [2.45, 2.75) is 44.6 Å². The second-order valence-corrected chi connectivity index (χ2v) is 5.83. The van der Waals surface area contributed by atoms with Gasteiger partial charge in [-0.15, -0.1) is 0 Å². The Morgan fingerprint density at radius 2 is 1.95 bits per heavy atom. The van der Waals surface area contributed by atoms with Crippen molar-refractivity contribution in [2.75, 3.05) is 0 Å². The third-order valence-electron chi connectivity index (χ3n) is 4.22. The maximum atomic E-state index is 13.7. The molecule has 1 saturated carbocycles.